The van der Waals surface area contributed by atoms with Crippen LogP contribution in [0.25, 0.3) is 0 Å². The van der Waals surface area contributed by atoms with E-state index < -0.39 is 11.9 Å². The Kier molecular flexibility index (Phi) is 7.51. The van der Waals surface area contributed by atoms with Crippen LogP contribution < -0.4 is 10.1 Å². The molecule has 28 heavy (non-hydrogen) atoms. The van der Waals surface area contributed by atoms with Crippen LogP contribution in [0.3, 0.4) is 0 Å². The molecular weight excluding hydrogens is 382 g/mol. The van der Waals surface area contributed by atoms with E-state index in [1.54, 1.807) is 36.8 Å². The van der Waals surface area contributed by atoms with Gasteiger partial charge in [0.2, 0.25) is 5.91 Å². The molecule has 0 aliphatic carbocycles. The minimum Gasteiger partial charge on any atom is -0.497 e. The van der Waals surface area contributed by atoms with Crippen LogP contribution in [-0.2, 0) is 16.0 Å². The molecule has 1 heterocycles. The largest absolute Gasteiger partial charge is 0.497 e. The lowest BCUT2D eigenvalue weighted by Crippen LogP contribution is -2.40. The summed E-state index contributed by atoms with van der Waals surface area (Å²) < 4.78 is 5.10. The Bertz CT molecular complexity index is 832. The standard InChI is InChI=1S/C19H23N3O5S/c1-12(2)9-22(18(26)13-4-6-15(27-3)7-5-13)10-16(23)21-19-20-14(11-28-19)8-17(24)25/h4-7,11-12H,8-10H2,1-3H3,(H,24,25)(H,20,21,23). The molecule has 0 unspecified atom stereocenters. The summed E-state index contributed by atoms with van der Waals surface area (Å²) in [4.78, 5) is 41.5. The molecule has 0 atom stereocenters. The Balaban J connectivity index is 2.05. The van der Waals surface area contributed by atoms with E-state index in [4.69, 9.17) is 9.84 Å². The number of nitrogens with zero attached hydrogens (tertiary/aromatic N) is 2. The first-order valence-electron chi connectivity index (χ1n) is 8.68. The van der Waals surface area contributed by atoms with Gasteiger partial charge in [-0.25, -0.2) is 4.98 Å². The lowest BCUT2D eigenvalue weighted by Gasteiger charge is -2.24. The fraction of sp³-hybridized carbons (Fsp3) is 0.368. The average molecular weight is 405 g/mol. The quantitative estimate of drug-likeness (QED) is 0.664. The molecule has 1 aromatic heterocycles. The molecule has 0 radical (unpaired) electrons. The molecule has 8 nitrogen and oxygen atoms in total. The van der Waals surface area contributed by atoms with Gasteiger partial charge in [-0.1, -0.05) is 13.8 Å². The van der Waals surface area contributed by atoms with Crippen LogP contribution in [0, 0.1) is 5.92 Å². The highest BCUT2D eigenvalue weighted by molar-refractivity contribution is 7.13. The number of thiazole rings is 1. The Morgan fingerprint density at radius 2 is 1.93 bits per heavy atom. The van der Waals surface area contributed by atoms with Crippen LogP contribution in [0.5, 0.6) is 5.75 Å². The summed E-state index contributed by atoms with van der Waals surface area (Å²) in [6.45, 7) is 4.22. The van der Waals surface area contributed by atoms with Gasteiger partial charge in [-0.2, -0.15) is 0 Å². The van der Waals surface area contributed by atoms with Crippen molar-refractivity contribution in [2.75, 3.05) is 25.5 Å². The number of ether oxygens (including phenoxy) is 1. The molecule has 0 spiro atoms. The van der Waals surface area contributed by atoms with Crippen molar-refractivity contribution in [3.63, 3.8) is 0 Å². The van der Waals surface area contributed by atoms with E-state index in [-0.39, 0.29) is 24.8 Å². The van der Waals surface area contributed by atoms with Crippen LogP contribution in [0.2, 0.25) is 0 Å². The molecule has 0 bridgehead atoms. The third-order valence-corrected chi connectivity index (χ3v) is 4.48. The fourth-order valence-corrected chi connectivity index (χ4v) is 3.24. The Hall–Kier alpha value is -2.94. The first-order chi connectivity index (χ1) is 13.3. The normalized spacial score (nSPS) is 10.6. The first kappa shape index (κ1) is 21.4. The van der Waals surface area contributed by atoms with E-state index in [9.17, 15) is 14.4 Å². The number of aliphatic carboxylic acids is 1. The second-order valence-corrected chi connectivity index (χ2v) is 7.43. The summed E-state index contributed by atoms with van der Waals surface area (Å²) in [6.07, 6.45) is -0.207. The number of hydrogen-bond acceptors (Lipinski definition) is 6. The van der Waals surface area contributed by atoms with Crippen molar-refractivity contribution in [2.24, 2.45) is 5.92 Å². The minimum atomic E-state index is -0.989. The number of anilines is 1. The van der Waals surface area contributed by atoms with Gasteiger partial charge in [-0.05, 0) is 30.2 Å². The second-order valence-electron chi connectivity index (χ2n) is 6.57. The molecule has 1 aromatic carbocycles. The van der Waals surface area contributed by atoms with Gasteiger partial charge in [0.15, 0.2) is 5.13 Å². The van der Waals surface area contributed by atoms with Crippen LogP contribution in [0.4, 0.5) is 5.13 Å². The molecule has 0 aliphatic heterocycles. The van der Waals surface area contributed by atoms with Crippen LogP contribution in [0.1, 0.15) is 29.9 Å². The number of methoxy groups -OCH3 is 1. The number of nitrogens with one attached hydrogen (secondary N) is 1. The molecule has 2 rings (SSSR count). The SMILES string of the molecule is COc1ccc(C(=O)N(CC(=O)Nc2nc(CC(=O)O)cs2)CC(C)C)cc1. The maximum absolute atomic E-state index is 12.8. The lowest BCUT2D eigenvalue weighted by atomic mass is 10.1. The van der Waals surface area contributed by atoms with Gasteiger partial charge in [0, 0.05) is 17.5 Å². The smallest absolute Gasteiger partial charge is 0.309 e. The summed E-state index contributed by atoms with van der Waals surface area (Å²) in [5.41, 5.74) is 0.841. The number of aromatic nitrogens is 1. The van der Waals surface area contributed by atoms with Crippen molar-refractivity contribution in [1.29, 1.82) is 0 Å². The van der Waals surface area contributed by atoms with Gasteiger partial charge in [0.05, 0.1) is 19.2 Å². The highest BCUT2D eigenvalue weighted by Gasteiger charge is 2.20. The van der Waals surface area contributed by atoms with Crippen molar-refractivity contribution in [3.05, 3.63) is 40.9 Å². The van der Waals surface area contributed by atoms with Crippen molar-refractivity contribution in [1.82, 2.24) is 9.88 Å². The number of hydrogen-bond donors (Lipinski definition) is 2. The maximum atomic E-state index is 12.8. The van der Waals surface area contributed by atoms with Gasteiger partial charge < -0.3 is 20.1 Å². The molecular formula is C19H23N3O5S. The number of benzene rings is 1. The molecule has 9 heteroatoms. The van der Waals surface area contributed by atoms with Crippen molar-refractivity contribution >= 4 is 34.3 Å². The summed E-state index contributed by atoms with van der Waals surface area (Å²) in [7, 11) is 1.55. The maximum Gasteiger partial charge on any atom is 0.309 e. The molecule has 2 N–H and O–H groups in total. The van der Waals surface area contributed by atoms with Gasteiger partial charge >= 0.3 is 5.97 Å². The van der Waals surface area contributed by atoms with Gasteiger partial charge in [-0.3, -0.25) is 14.4 Å². The van der Waals surface area contributed by atoms with E-state index in [1.165, 1.54) is 4.90 Å². The molecule has 0 aliphatic rings. The van der Waals surface area contributed by atoms with E-state index in [2.05, 4.69) is 10.3 Å². The highest BCUT2D eigenvalue weighted by atomic mass is 32.1. The Morgan fingerprint density at radius 3 is 2.50 bits per heavy atom. The lowest BCUT2D eigenvalue weighted by molar-refractivity contribution is -0.136. The van der Waals surface area contributed by atoms with Gasteiger partial charge in [-0.15, -0.1) is 11.3 Å². The van der Waals surface area contributed by atoms with Crippen molar-refractivity contribution in [2.45, 2.75) is 20.3 Å². The van der Waals surface area contributed by atoms with Gasteiger partial charge in [0.1, 0.15) is 12.3 Å². The van der Waals surface area contributed by atoms with Crippen LogP contribution >= 0.6 is 11.3 Å². The fourth-order valence-electron chi connectivity index (χ4n) is 2.51. The van der Waals surface area contributed by atoms with E-state index >= 15 is 0 Å². The number of carbonyl (C=O) groups excluding carboxylic acids is 2. The van der Waals surface area contributed by atoms with Crippen molar-refractivity contribution < 1.29 is 24.2 Å². The average Bonchev–Trinajstić information content (AvgIpc) is 3.06. The number of carboxylic acids is 1. The summed E-state index contributed by atoms with van der Waals surface area (Å²) in [5, 5.41) is 13.3. The topological polar surface area (TPSA) is 109 Å². The number of carboxylic acid groups (broad SMARTS) is 1. The zero-order chi connectivity index (χ0) is 20.7. The van der Waals surface area contributed by atoms with E-state index in [1.807, 2.05) is 13.8 Å². The monoisotopic (exact) mass is 405 g/mol. The molecule has 2 amide bonds. The van der Waals surface area contributed by atoms with Crippen LogP contribution in [-0.4, -0.2) is 53.0 Å². The molecule has 2 aromatic rings. The van der Waals surface area contributed by atoms with E-state index in [0.717, 1.165) is 11.3 Å². The van der Waals surface area contributed by atoms with Crippen molar-refractivity contribution in [3.8, 4) is 5.75 Å². The predicted octanol–water partition coefficient (Wildman–Crippen LogP) is 2.52. The molecule has 150 valence electrons. The number of carbonyl (C=O) groups is 3. The molecule has 0 saturated heterocycles. The molecule has 0 fully saturated rings. The predicted molar refractivity (Wildman–Crippen MR) is 106 cm³/mol. The Morgan fingerprint density at radius 1 is 1.25 bits per heavy atom. The first-order valence-corrected chi connectivity index (χ1v) is 9.55. The highest BCUT2D eigenvalue weighted by Crippen LogP contribution is 2.17. The summed E-state index contributed by atoms with van der Waals surface area (Å²) in [6, 6.07) is 6.71. The third-order valence-electron chi connectivity index (χ3n) is 3.67. The zero-order valence-electron chi connectivity index (χ0n) is 16.0. The summed E-state index contributed by atoms with van der Waals surface area (Å²) in [5.74, 6) is -0.810. The minimum absolute atomic E-state index is 0.128. The molecule has 0 saturated carbocycles. The van der Waals surface area contributed by atoms with E-state index in [0.29, 0.717) is 28.7 Å². The number of amides is 2. The number of rotatable bonds is 9. The van der Waals surface area contributed by atoms with Crippen LogP contribution in [0.15, 0.2) is 29.6 Å². The second kappa shape index (κ2) is 9.84. The Labute approximate surface area is 167 Å². The third kappa shape index (κ3) is 6.34. The zero-order valence-corrected chi connectivity index (χ0v) is 16.8. The van der Waals surface area contributed by atoms with Gasteiger partial charge in [0.25, 0.3) is 5.91 Å². The summed E-state index contributed by atoms with van der Waals surface area (Å²) >= 11 is 1.15.